The van der Waals surface area contributed by atoms with E-state index >= 15 is 0 Å². The third kappa shape index (κ3) is 2.60. The Hall–Kier alpha value is -1.29. The summed E-state index contributed by atoms with van der Waals surface area (Å²) >= 11 is 0. The first-order chi connectivity index (χ1) is 6.65. The van der Waals surface area contributed by atoms with Gasteiger partial charge in [0, 0.05) is 6.54 Å². The van der Waals surface area contributed by atoms with Crippen molar-refractivity contribution in [2.75, 3.05) is 13.6 Å². The third-order valence-corrected chi connectivity index (χ3v) is 1.64. The molecule has 0 unspecified atom stereocenters. The maximum absolute atomic E-state index is 12.7. The van der Waals surface area contributed by atoms with E-state index in [1.165, 1.54) is 6.08 Å². The smallest absolute Gasteiger partial charge is 0.194 e. The first-order valence-electron chi connectivity index (χ1n) is 4.11. The van der Waals surface area contributed by atoms with E-state index in [0.29, 0.717) is 12.1 Å². The Morgan fingerprint density at radius 2 is 1.79 bits per heavy atom. The van der Waals surface area contributed by atoms with Gasteiger partial charge in [-0.15, -0.1) is 0 Å². The molecule has 0 atom stereocenters. The van der Waals surface area contributed by atoms with Gasteiger partial charge in [-0.3, -0.25) is 0 Å². The number of rotatable bonds is 3. The number of benzene rings is 1. The van der Waals surface area contributed by atoms with Gasteiger partial charge in [-0.25, -0.2) is 13.2 Å². The summed E-state index contributed by atoms with van der Waals surface area (Å²) in [6.07, 6.45) is 3.20. The number of hydrogen-bond acceptors (Lipinski definition) is 1. The van der Waals surface area contributed by atoms with Crippen LogP contribution in [-0.2, 0) is 0 Å². The van der Waals surface area contributed by atoms with Crippen LogP contribution in [0.5, 0.6) is 0 Å². The monoisotopic (exact) mass is 201 g/mol. The van der Waals surface area contributed by atoms with Gasteiger partial charge in [0.1, 0.15) is 0 Å². The fourth-order valence-electron chi connectivity index (χ4n) is 0.984. The predicted octanol–water partition coefficient (Wildman–Crippen LogP) is 2.34. The fraction of sp³-hybridized carbons (Fsp3) is 0.200. The lowest BCUT2D eigenvalue weighted by molar-refractivity contribution is 0.447. The van der Waals surface area contributed by atoms with Gasteiger partial charge in [0.25, 0.3) is 0 Å². The Kier molecular flexibility index (Phi) is 3.71. The minimum absolute atomic E-state index is 0.302. The summed E-state index contributed by atoms with van der Waals surface area (Å²) in [6.45, 7) is 0.584. The zero-order valence-electron chi connectivity index (χ0n) is 7.65. The zero-order valence-corrected chi connectivity index (χ0v) is 7.65. The minimum atomic E-state index is -1.43. The Morgan fingerprint density at radius 3 is 2.29 bits per heavy atom. The van der Waals surface area contributed by atoms with Crippen LogP contribution in [0.4, 0.5) is 13.2 Å². The maximum atomic E-state index is 12.7. The molecule has 0 fully saturated rings. The van der Waals surface area contributed by atoms with Crippen LogP contribution in [0, 0.1) is 17.5 Å². The summed E-state index contributed by atoms with van der Waals surface area (Å²) in [5, 5.41) is 2.83. The molecule has 76 valence electrons. The van der Waals surface area contributed by atoms with Crippen LogP contribution >= 0.6 is 0 Å². The molecule has 0 radical (unpaired) electrons. The van der Waals surface area contributed by atoms with E-state index in [-0.39, 0.29) is 0 Å². The number of nitrogens with one attached hydrogen (secondary N) is 1. The molecular weight excluding hydrogens is 191 g/mol. The molecule has 0 aliphatic heterocycles. The van der Waals surface area contributed by atoms with E-state index in [1.54, 1.807) is 13.1 Å². The first kappa shape index (κ1) is 10.8. The lowest BCUT2D eigenvalue weighted by Gasteiger charge is -1.97. The summed E-state index contributed by atoms with van der Waals surface area (Å²) in [4.78, 5) is 0. The van der Waals surface area contributed by atoms with Crippen molar-refractivity contribution in [1.29, 1.82) is 0 Å². The third-order valence-electron chi connectivity index (χ3n) is 1.64. The highest BCUT2D eigenvalue weighted by atomic mass is 19.2. The summed E-state index contributed by atoms with van der Waals surface area (Å²) in [5.74, 6) is -3.78. The van der Waals surface area contributed by atoms with Gasteiger partial charge < -0.3 is 5.32 Å². The molecule has 14 heavy (non-hydrogen) atoms. The van der Waals surface area contributed by atoms with Gasteiger partial charge in [0.2, 0.25) is 0 Å². The van der Waals surface area contributed by atoms with Crippen molar-refractivity contribution in [3.8, 4) is 0 Å². The normalized spacial score (nSPS) is 11.1. The fourth-order valence-corrected chi connectivity index (χ4v) is 0.984. The van der Waals surface area contributed by atoms with Crippen molar-refractivity contribution >= 4 is 6.08 Å². The quantitative estimate of drug-likeness (QED) is 0.740. The van der Waals surface area contributed by atoms with Crippen LogP contribution in [0.3, 0.4) is 0 Å². The van der Waals surface area contributed by atoms with E-state index in [9.17, 15) is 13.2 Å². The van der Waals surface area contributed by atoms with Crippen molar-refractivity contribution in [1.82, 2.24) is 5.32 Å². The standard InChI is InChI=1S/C10H10F3N/c1-14-4-2-3-7-5-8(11)10(13)9(12)6-7/h2-3,5-6,14H,4H2,1H3. The number of hydrogen-bond donors (Lipinski definition) is 1. The second kappa shape index (κ2) is 4.81. The van der Waals surface area contributed by atoms with Crippen molar-refractivity contribution < 1.29 is 13.2 Å². The lowest BCUT2D eigenvalue weighted by atomic mass is 10.2. The van der Waals surface area contributed by atoms with E-state index in [2.05, 4.69) is 5.32 Å². The largest absolute Gasteiger partial charge is 0.316 e. The van der Waals surface area contributed by atoms with Gasteiger partial charge in [0.15, 0.2) is 17.5 Å². The Labute approximate surface area is 80.2 Å². The molecule has 1 nitrogen and oxygen atoms in total. The minimum Gasteiger partial charge on any atom is -0.316 e. The van der Waals surface area contributed by atoms with Crippen molar-refractivity contribution in [2.45, 2.75) is 0 Å². The number of halogens is 3. The van der Waals surface area contributed by atoms with Crippen LogP contribution < -0.4 is 5.32 Å². The summed E-state index contributed by atoms with van der Waals surface area (Å²) in [5.41, 5.74) is 0.302. The van der Waals surface area contributed by atoms with Gasteiger partial charge in [0.05, 0.1) is 0 Å². The highest BCUT2D eigenvalue weighted by Crippen LogP contribution is 2.14. The SMILES string of the molecule is CNCC=Cc1cc(F)c(F)c(F)c1. The molecule has 1 aromatic rings. The van der Waals surface area contributed by atoms with Crippen LogP contribution in [0.15, 0.2) is 18.2 Å². The molecule has 0 saturated heterocycles. The predicted molar refractivity (Wildman–Crippen MR) is 49.3 cm³/mol. The molecule has 0 bridgehead atoms. The summed E-state index contributed by atoms with van der Waals surface area (Å²) < 4.78 is 37.9. The molecule has 0 heterocycles. The molecule has 0 amide bonds. The van der Waals surface area contributed by atoms with Gasteiger partial charge >= 0.3 is 0 Å². The highest BCUT2D eigenvalue weighted by Gasteiger charge is 2.08. The summed E-state index contributed by atoms with van der Waals surface area (Å²) in [7, 11) is 1.75. The molecule has 4 heteroatoms. The first-order valence-corrected chi connectivity index (χ1v) is 4.11. The molecular formula is C10H10F3N. The molecule has 1 aromatic carbocycles. The Balaban J connectivity index is 2.89. The molecule has 0 aromatic heterocycles. The molecule has 1 N–H and O–H groups in total. The zero-order chi connectivity index (χ0) is 10.6. The molecule has 1 rings (SSSR count). The van der Waals surface area contributed by atoms with Gasteiger partial charge in [-0.1, -0.05) is 12.2 Å². The van der Waals surface area contributed by atoms with E-state index in [0.717, 1.165) is 12.1 Å². The van der Waals surface area contributed by atoms with Crippen molar-refractivity contribution in [3.63, 3.8) is 0 Å². The van der Waals surface area contributed by atoms with Crippen molar-refractivity contribution in [2.24, 2.45) is 0 Å². The van der Waals surface area contributed by atoms with E-state index in [1.807, 2.05) is 0 Å². The maximum Gasteiger partial charge on any atom is 0.194 e. The second-order valence-electron chi connectivity index (χ2n) is 2.76. The van der Waals surface area contributed by atoms with Crippen LogP contribution in [0.1, 0.15) is 5.56 Å². The van der Waals surface area contributed by atoms with E-state index in [4.69, 9.17) is 0 Å². The molecule has 0 aliphatic rings. The second-order valence-corrected chi connectivity index (χ2v) is 2.76. The molecule has 0 saturated carbocycles. The van der Waals surface area contributed by atoms with Gasteiger partial charge in [-0.2, -0.15) is 0 Å². The highest BCUT2D eigenvalue weighted by molar-refractivity contribution is 5.49. The van der Waals surface area contributed by atoms with Crippen LogP contribution in [0.2, 0.25) is 0 Å². The Bertz CT molecular complexity index is 324. The van der Waals surface area contributed by atoms with Crippen LogP contribution in [0.25, 0.3) is 6.08 Å². The summed E-state index contributed by atoms with van der Waals surface area (Å²) in [6, 6.07) is 1.90. The molecule has 0 spiro atoms. The lowest BCUT2D eigenvalue weighted by Crippen LogP contribution is -2.03. The average molecular weight is 201 g/mol. The van der Waals surface area contributed by atoms with E-state index < -0.39 is 17.5 Å². The average Bonchev–Trinajstić information content (AvgIpc) is 2.14. The Morgan fingerprint density at radius 1 is 1.21 bits per heavy atom. The topological polar surface area (TPSA) is 12.0 Å². The van der Waals surface area contributed by atoms with Crippen molar-refractivity contribution in [3.05, 3.63) is 41.2 Å². The molecule has 0 aliphatic carbocycles. The van der Waals surface area contributed by atoms with Crippen LogP contribution in [-0.4, -0.2) is 13.6 Å². The van der Waals surface area contributed by atoms with Gasteiger partial charge in [-0.05, 0) is 24.7 Å². The number of likely N-dealkylation sites (N-methyl/N-ethyl adjacent to an activating group) is 1.